The molecule has 0 amide bonds. The number of ether oxygens (including phenoxy) is 1. The van der Waals surface area contributed by atoms with Crippen molar-refractivity contribution in [3.63, 3.8) is 0 Å². The molecule has 0 aliphatic carbocycles. The molecule has 0 rings (SSSR count). The third-order valence-corrected chi connectivity index (χ3v) is 1.45. The summed E-state index contributed by atoms with van der Waals surface area (Å²) in [5, 5.41) is -0.612. The fourth-order valence-electron chi connectivity index (χ4n) is 0.285. The Kier molecular flexibility index (Phi) is 5.07. The lowest BCUT2D eigenvalue weighted by molar-refractivity contribution is -0.121. The zero-order valence-electron chi connectivity index (χ0n) is 5.61. The number of rotatable bonds is 3. The smallest absolute Gasteiger partial charge is 0.250 e. The molecule has 0 saturated carbocycles. The summed E-state index contributed by atoms with van der Waals surface area (Å²) in [7, 11) is 0. The van der Waals surface area contributed by atoms with E-state index in [9.17, 15) is 4.79 Å². The molecule has 0 fully saturated rings. The van der Waals surface area contributed by atoms with E-state index in [0.29, 0.717) is 0 Å². The van der Waals surface area contributed by atoms with Crippen molar-refractivity contribution in [2.45, 2.75) is 16.8 Å². The summed E-state index contributed by atoms with van der Waals surface area (Å²) in [6.45, 7) is 1.32. The number of hydrogen-bond acceptors (Lipinski definition) is 2. The van der Waals surface area contributed by atoms with Gasteiger partial charge in [0.05, 0.1) is 6.61 Å². The van der Waals surface area contributed by atoms with Gasteiger partial charge >= 0.3 is 0 Å². The zero-order chi connectivity index (χ0) is 9.07. The van der Waals surface area contributed by atoms with Crippen LogP contribution in [0.4, 0.5) is 0 Å². The SMILES string of the molecule is CC(OCC(Cl)(Cl)Cl)C(=O)Cl. The Labute approximate surface area is 84.7 Å². The molecule has 0 aliphatic rings. The zero-order valence-corrected chi connectivity index (χ0v) is 8.64. The molecule has 0 heterocycles. The van der Waals surface area contributed by atoms with Crippen molar-refractivity contribution >= 4 is 51.6 Å². The van der Waals surface area contributed by atoms with Crippen LogP contribution < -0.4 is 0 Å². The van der Waals surface area contributed by atoms with E-state index >= 15 is 0 Å². The fourth-order valence-corrected chi connectivity index (χ4v) is 0.537. The molecule has 1 atom stereocenters. The van der Waals surface area contributed by atoms with Gasteiger partial charge in [0.15, 0.2) is 0 Å². The minimum absolute atomic E-state index is 0.155. The quantitative estimate of drug-likeness (QED) is 0.559. The molecule has 0 aromatic carbocycles. The molecule has 11 heavy (non-hydrogen) atoms. The topological polar surface area (TPSA) is 26.3 Å². The highest BCUT2D eigenvalue weighted by Gasteiger charge is 2.22. The molecule has 0 aromatic heterocycles. The number of carbonyl (C=O) groups is 1. The predicted octanol–water partition coefficient (Wildman–Crippen LogP) is 2.53. The van der Waals surface area contributed by atoms with E-state index in [4.69, 9.17) is 51.1 Å². The second kappa shape index (κ2) is 4.73. The van der Waals surface area contributed by atoms with E-state index in [2.05, 4.69) is 0 Å². The molecule has 66 valence electrons. The van der Waals surface area contributed by atoms with Crippen LogP contribution in [0.2, 0.25) is 0 Å². The molecule has 0 saturated heterocycles. The van der Waals surface area contributed by atoms with Crippen molar-refractivity contribution in [1.82, 2.24) is 0 Å². The summed E-state index contributed by atoms with van der Waals surface area (Å²) in [6, 6.07) is 0. The Morgan fingerprint density at radius 2 is 2.00 bits per heavy atom. The maximum absolute atomic E-state index is 10.4. The van der Waals surface area contributed by atoms with E-state index in [-0.39, 0.29) is 6.61 Å². The van der Waals surface area contributed by atoms with Crippen molar-refractivity contribution in [2.75, 3.05) is 6.61 Å². The van der Waals surface area contributed by atoms with Crippen molar-refractivity contribution in [3.8, 4) is 0 Å². The van der Waals surface area contributed by atoms with Gasteiger partial charge in [0.2, 0.25) is 9.03 Å². The number of alkyl halides is 3. The maximum Gasteiger partial charge on any atom is 0.250 e. The van der Waals surface area contributed by atoms with Gasteiger partial charge in [0.1, 0.15) is 6.10 Å². The predicted molar refractivity (Wildman–Crippen MR) is 46.6 cm³/mol. The Bertz CT molecular complexity index is 142. The summed E-state index contributed by atoms with van der Waals surface area (Å²) >= 11 is 21.1. The van der Waals surface area contributed by atoms with Gasteiger partial charge in [-0.15, -0.1) is 0 Å². The Hall–Kier alpha value is 0.790. The van der Waals surface area contributed by atoms with Gasteiger partial charge in [-0.05, 0) is 18.5 Å². The lowest BCUT2D eigenvalue weighted by Crippen LogP contribution is -2.22. The van der Waals surface area contributed by atoms with E-state index in [0.717, 1.165) is 0 Å². The highest BCUT2D eigenvalue weighted by molar-refractivity contribution is 6.67. The first-order chi connectivity index (χ1) is 4.83. The largest absolute Gasteiger partial charge is 0.365 e. The average Bonchev–Trinajstić information content (AvgIpc) is 1.80. The number of carbonyl (C=O) groups excluding carboxylic acids is 1. The Morgan fingerprint density at radius 1 is 1.55 bits per heavy atom. The molecule has 0 spiro atoms. The van der Waals surface area contributed by atoms with Gasteiger partial charge in [-0.1, -0.05) is 34.8 Å². The van der Waals surface area contributed by atoms with Crippen LogP contribution in [-0.2, 0) is 9.53 Å². The van der Waals surface area contributed by atoms with Crippen LogP contribution in [0.1, 0.15) is 6.92 Å². The van der Waals surface area contributed by atoms with Crippen molar-refractivity contribution in [3.05, 3.63) is 0 Å². The van der Waals surface area contributed by atoms with Crippen LogP contribution in [0.15, 0.2) is 0 Å². The third kappa shape index (κ3) is 7.16. The number of halogens is 4. The second-order valence-electron chi connectivity index (χ2n) is 1.87. The Morgan fingerprint density at radius 3 is 2.27 bits per heavy atom. The molecule has 0 aromatic rings. The van der Waals surface area contributed by atoms with Gasteiger partial charge in [-0.2, -0.15) is 0 Å². The summed E-state index contributed by atoms with van der Waals surface area (Å²) in [5.74, 6) is 0. The molecule has 2 nitrogen and oxygen atoms in total. The molecule has 0 N–H and O–H groups in total. The van der Waals surface area contributed by atoms with Gasteiger partial charge in [0.25, 0.3) is 0 Å². The highest BCUT2D eigenvalue weighted by Crippen LogP contribution is 2.26. The van der Waals surface area contributed by atoms with Gasteiger partial charge in [-0.25, -0.2) is 0 Å². The molecular formula is C5H6Cl4O2. The Balaban J connectivity index is 3.63. The van der Waals surface area contributed by atoms with Crippen molar-refractivity contribution in [2.24, 2.45) is 0 Å². The lowest BCUT2D eigenvalue weighted by atomic mass is 10.4. The molecule has 0 radical (unpaired) electrons. The van der Waals surface area contributed by atoms with Crippen molar-refractivity contribution < 1.29 is 9.53 Å². The van der Waals surface area contributed by atoms with E-state index in [1.807, 2.05) is 0 Å². The standard InChI is InChI=1S/C5H6Cl4O2/c1-3(4(6)10)11-2-5(7,8)9/h3H,2H2,1H3. The second-order valence-corrected chi connectivity index (χ2v) is 4.76. The monoisotopic (exact) mass is 238 g/mol. The normalized spacial score (nSPS) is 14.6. The van der Waals surface area contributed by atoms with E-state index in [1.54, 1.807) is 0 Å². The lowest BCUT2D eigenvalue weighted by Gasteiger charge is -2.13. The summed E-state index contributed by atoms with van der Waals surface area (Å²) in [5.41, 5.74) is 0. The first-order valence-corrected chi connectivity index (χ1v) is 4.22. The molecule has 0 bridgehead atoms. The van der Waals surface area contributed by atoms with Gasteiger partial charge < -0.3 is 4.74 Å². The van der Waals surface area contributed by atoms with Gasteiger partial charge in [-0.3, -0.25) is 4.79 Å². The van der Waals surface area contributed by atoms with Crippen LogP contribution in [-0.4, -0.2) is 21.7 Å². The van der Waals surface area contributed by atoms with Crippen LogP contribution in [0.5, 0.6) is 0 Å². The fraction of sp³-hybridized carbons (Fsp3) is 0.800. The summed E-state index contributed by atoms with van der Waals surface area (Å²) < 4.78 is 3.29. The highest BCUT2D eigenvalue weighted by atomic mass is 35.6. The van der Waals surface area contributed by atoms with E-state index in [1.165, 1.54) is 6.92 Å². The van der Waals surface area contributed by atoms with Crippen LogP contribution in [0, 0.1) is 0 Å². The van der Waals surface area contributed by atoms with Crippen LogP contribution >= 0.6 is 46.4 Å². The average molecular weight is 240 g/mol. The maximum atomic E-state index is 10.4. The van der Waals surface area contributed by atoms with E-state index < -0.39 is 15.1 Å². The van der Waals surface area contributed by atoms with Gasteiger partial charge in [0, 0.05) is 0 Å². The molecule has 0 aliphatic heterocycles. The minimum atomic E-state index is -1.50. The summed E-state index contributed by atoms with van der Waals surface area (Å²) in [4.78, 5) is 10.4. The van der Waals surface area contributed by atoms with Crippen LogP contribution in [0.3, 0.4) is 0 Å². The third-order valence-electron chi connectivity index (χ3n) is 0.817. The minimum Gasteiger partial charge on any atom is -0.365 e. The first kappa shape index (κ1) is 11.8. The number of hydrogen-bond donors (Lipinski definition) is 0. The molecular weight excluding hydrogens is 234 g/mol. The molecule has 1 unspecified atom stereocenters. The molecule has 6 heteroatoms. The van der Waals surface area contributed by atoms with Crippen molar-refractivity contribution in [1.29, 1.82) is 0 Å². The first-order valence-electron chi connectivity index (χ1n) is 2.70. The summed E-state index contributed by atoms with van der Waals surface area (Å²) in [6.07, 6.45) is -0.743. The van der Waals surface area contributed by atoms with Crippen LogP contribution in [0.25, 0.3) is 0 Å².